The van der Waals surface area contributed by atoms with Crippen LogP contribution in [0.3, 0.4) is 0 Å². The van der Waals surface area contributed by atoms with Gasteiger partial charge in [-0.05, 0) is 26.7 Å². The zero-order valence-corrected chi connectivity index (χ0v) is 13.8. The van der Waals surface area contributed by atoms with Gasteiger partial charge in [0.05, 0.1) is 0 Å². The number of ether oxygens (including phenoxy) is 3. The van der Waals surface area contributed by atoms with Crippen molar-refractivity contribution < 1.29 is 28.6 Å². The van der Waals surface area contributed by atoms with Crippen molar-refractivity contribution >= 4 is 18.0 Å². The third-order valence-electron chi connectivity index (χ3n) is 2.33. The highest BCUT2D eigenvalue weighted by atomic mass is 16.6. The highest BCUT2D eigenvalue weighted by Crippen LogP contribution is 2.09. The van der Waals surface area contributed by atoms with Crippen molar-refractivity contribution in [2.45, 2.75) is 46.3 Å². The normalized spacial score (nSPS) is 12.3. The molecule has 0 rings (SSSR count). The quantitative estimate of drug-likeness (QED) is 0.333. The summed E-state index contributed by atoms with van der Waals surface area (Å²) >= 11 is 0. The fraction of sp³-hybridized carbons (Fsp3) is 0.667. The van der Waals surface area contributed by atoms with E-state index in [1.165, 1.54) is 0 Å². The Labute approximate surface area is 131 Å². The summed E-state index contributed by atoms with van der Waals surface area (Å²) in [5, 5.41) is 2.47. The zero-order chi connectivity index (χ0) is 17.3. The van der Waals surface area contributed by atoms with E-state index in [1.54, 1.807) is 34.6 Å². The van der Waals surface area contributed by atoms with E-state index in [0.717, 1.165) is 6.08 Å². The summed E-state index contributed by atoms with van der Waals surface area (Å²) < 4.78 is 14.8. The maximum atomic E-state index is 11.9. The van der Waals surface area contributed by atoms with Crippen molar-refractivity contribution in [2.24, 2.45) is 5.92 Å². The predicted molar refractivity (Wildman–Crippen MR) is 80.1 cm³/mol. The number of rotatable bonds is 7. The lowest BCUT2D eigenvalue weighted by Crippen LogP contribution is -2.47. The van der Waals surface area contributed by atoms with E-state index < -0.39 is 29.7 Å². The smallest absolute Gasteiger partial charge is 0.408 e. The second-order valence-corrected chi connectivity index (χ2v) is 5.91. The first-order valence-electron chi connectivity index (χ1n) is 7.02. The molecule has 7 nitrogen and oxygen atoms in total. The lowest BCUT2D eigenvalue weighted by molar-refractivity contribution is -0.152. The Morgan fingerprint density at radius 3 is 2.14 bits per heavy atom. The Morgan fingerprint density at radius 2 is 1.68 bits per heavy atom. The van der Waals surface area contributed by atoms with Crippen molar-refractivity contribution in [3.8, 4) is 0 Å². The fourth-order valence-corrected chi connectivity index (χ4v) is 1.37. The van der Waals surface area contributed by atoms with Crippen LogP contribution in [-0.2, 0) is 23.8 Å². The largest absolute Gasteiger partial charge is 0.461 e. The molecule has 7 heteroatoms. The Balaban J connectivity index is 4.37. The third-order valence-corrected chi connectivity index (χ3v) is 2.33. The van der Waals surface area contributed by atoms with Crippen LogP contribution in [0.4, 0.5) is 4.79 Å². The second kappa shape index (κ2) is 9.07. The molecule has 1 amide bonds. The zero-order valence-electron chi connectivity index (χ0n) is 13.8. The SMILES string of the molecule is C=CC(=O)OCCOC(=O)[C@@H](NC(=O)OC(C)(C)C)C(C)C. The minimum absolute atomic E-state index is 0.0755. The highest BCUT2D eigenvalue weighted by molar-refractivity contribution is 5.82. The Morgan fingerprint density at radius 1 is 1.14 bits per heavy atom. The van der Waals surface area contributed by atoms with Gasteiger partial charge in [-0.25, -0.2) is 14.4 Å². The topological polar surface area (TPSA) is 90.9 Å². The summed E-state index contributed by atoms with van der Waals surface area (Å²) in [6.07, 6.45) is 0.323. The molecule has 0 heterocycles. The predicted octanol–water partition coefficient (Wildman–Crippen LogP) is 1.81. The molecule has 0 saturated carbocycles. The molecule has 0 aromatic rings. The van der Waals surface area contributed by atoms with Crippen LogP contribution in [0.25, 0.3) is 0 Å². The van der Waals surface area contributed by atoms with Crippen molar-refractivity contribution in [2.75, 3.05) is 13.2 Å². The van der Waals surface area contributed by atoms with Crippen molar-refractivity contribution in [1.29, 1.82) is 0 Å². The number of hydrogen-bond acceptors (Lipinski definition) is 6. The number of esters is 2. The standard InChI is InChI=1S/C15H25NO6/c1-7-11(17)20-8-9-21-13(18)12(10(2)3)16-14(19)22-15(4,5)6/h7,10,12H,1,8-9H2,2-6H3,(H,16,19)/t12-/m0/s1. The van der Waals surface area contributed by atoms with Gasteiger partial charge in [-0.15, -0.1) is 0 Å². The molecule has 0 aliphatic rings. The van der Waals surface area contributed by atoms with E-state index in [-0.39, 0.29) is 19.1 Å². The van der Waals surface area contributed by atoms with Gasteiger partial charge in [-0.3, -0.25) is 0 Å². The molecule has 0 fully saturated rings. The van der Waals surface area contributed by atoms with Gasteiger partial charge in [-0.1, -0.05) is 20.4 Å². The lowest BCUT2D eigenvalue weighted by Gasteiger charge is -2.24. The Kier molecular flexibility index (Phi) is 8.22. The number of carbonyl (C=O) groups is 3. The maximum Gasteiger partial charge on any atom is 0.408 e. The molecule has 22 heavy (non-hydrogen) atoms. The summed E-state index contributed by atoms with van der Waals surface area (Å²) in [7, 11) is 0. The molecule has 0 bridgehead atoms. The lowest BCUT2D eigenvalue weighted by atomic mass is 10.1. The van der Waals surface area contributed by atoms with Crippen LogP contribution in [0.15, 0.2) is 12.7 Å². The monoisotopic (exact) mass is 315 g/mol. The molecule has 0 aliphatic heterocycles. The third kappa shape index (κ3) is 8.99. The van der Waals surface area contributed by atoms with Crippen LogP contribution in [0, 0.1) is 5.92 Å². The summed E-state index contributed by atoms with van der Waals surface area (Å²) in [5.41, 5.74) is -0.658. The fourth-order valence-electron chi connectivity index (χ4n) is 1.37. The molecule has 1 atom stereocenters. The first-order chi connectivity index (χ1) is 10.1. The van der Waals surface area contributed by atoms with E-state index in [9.17, 15) is 14.4 Å². The minimum Gasteiger partial charge on any atom is -0.461 e. The van der Waals surface area contributed by atoms with Crippen LogP contribution < -0.4 is 5.32 Å². The molecule has 0 radical (unpaired) electrons. The Hall–Kier alpha value is -2.05. The van der Waals surface area contributed by atoms with Gasteiger partial charge in [0.25, 0.3) is 0 Å². The number of carbonyl (C=O) groups excluding carboxylic acids is 3. The molecular formula is C15H25NO6. The van der Waals surface area contributed by atoms with E-state index in [4.69, 9.17) is 9.47 Å². The molecule has 0 spiro atoms. The van der Waals surface area contributed by atoms with Gasteiger partial charge >= 0.3 is 18.0 Å². The van der Waals surface area contributed by atoms with Gasteiger partial charge in [0.15, 0.2) is 0 Å². The van der Waals surface area contributed by atoms with Crippen molar-refractivity contribution in [3.05, 3.63) is 12.7 Å². The molecule has 126 valence electrons. The molecule has 0 aliphatic carbocycles. The number of alkyl carbamates (subject to hydrolysis) is 1. The van der Waals surface area contributed by atoms with E-state index >= 15 is 0 Å². The van der Waals surface area contributed by atoms with E-state index in [2.05, 4.69) is 16.6 Å². The number of nitrogens with one attached hydrogen (secondary N) is 1. The Bertz CT molecular complexity index is 411. The molecular weight excluding hydrogens is 290 g/mol. The van der Waals surface area contributed by atoms with Gasteiger partial charge < -0.3 is 19.5 Å². The average Bonchev–Trinajstić information content (AvgIpc) is 2.37. The van der Waals surface area contributed by atoms with Crippen LogP contribution in [-0.4, -0.2) is 42.9 Å². The first-order valence-corrected chi connectivity index (χ1v) is 7.02. The van der Waals surface area contributed by atoms with Crippen LogP contribution in [0.1, 0.15) is 34.6 Å². The molecule has 0 saturated heterocycles. The second-order valence-electron chi connectivity index (χ2n) is 5.91. The molecule has 0 unspecified atom stereocenters. The molecule has 1 N–H and O–H groups in total. The van der Waals surface area contributed by atoms with Gasteiger partial charge in [0.2, 0.25) is 0 Å². The highest BCUT2D eigenvalue weighted by Gasteiger charge is 2.28. The average molecular weight is 315 g/mol. The van der Waals surface area contributed by atoms with Gasteiger partial charge in [0, 0.05) is 6.08 Å². The summed E-state index contributed by atoms with van der Waals surface area (Å²) in [6, 6.07) is -0.843. The van der Waals surface area contributed by atoms with E-state index in [0.29, 0.717) is 0 Å². The summed E-state index contributed by atoms with van der Waals surface area (Å²) in [5.74, 6) is -1.39. The van der Waals surface area contributed by atoms with Gasteiger partial charge in [0.1, 0.15) is 24.9 Å². The minimum atomic E-state index is -0.843. The molecule has 0 aromatic carbocycles. The van der Waals surface area contributed by atoms with Crippen molar-refractivity contribution in [3.63, 3.8) is 0 Å². The van der Waals surface area contributed by atoms with Crippen LogP contribution in [0.2, 0.25) is 0 Å². The van der Waals surface area contributed by atoms with Crippen LogP contribution in [0.5, 0.6) is 0 Å². The van der Waals surface area contributed by atoms with Crippen LogP contribution >= 0.6 is 0 Å². The number of amides is 1. The van der Waals surface area contributed by atoms with Crippen molar-refractivity contribution in [1.82, 2.24) is 5.32 Å². The maximum absolute atomic E-state index is 11.9. The van der Waals surface area contributed by atoms with Gasteiger partial charge in [-0.2, -0.15) is 0 Å². The first kappa shape index (κ1) is 19.9. The molecule has 0 aromatic heterocycles. The summed E-state index contributed by atoms with van der Waals surface area (Å²) in [4.78, 5) is 34.5. The summed E-state index contributed by atoms with van der Waals surface area (Å²) in [6.45, 7) is 11.8. The number of hydrogen-bond donors (Lipinski definition) is 1. The van der Waals surface area contributed by atoms with E-state index in [1.807, 2.05) is 0 Å².